The van der Waals surface area contributed by atoms with Crippen LogP contribution in [0, 0.1) is 10.9 Å². The van der Waals surface area contributed by atoms with Gasteiger partial charge in [0.05, 0.1) is 13.7 Å². The van der Waals surface area contributed by atoms with Crippen molar-refractivity contribution in [3.63, 3.8) is 0 Å². The van der Waals surface area contributed by atoms with Crippen LogP contribution in [0.15, 0.2) is 24.3 Å². The van der Waals surface area contributed by atoms with Crippen molar-refractivity contribution in [3.8, 4) is 0 Å². The number of benzene rings is 1. The van der Waals surface area contributed by atoms with E-state index in [4.69, 9.17) is 17.0 Å². The number of aryl methyl sites for hydroxylation is 1. The number of carbonyl (C=O) groups excluding carboxylic acids is 1. The van der Waals surface area contributed by atoms with Crippen molar-refractivity contribution >= 4 is 52.1 Å². The van der Waals surface area contributed by atoms with Crippen molar-refractivity contribution in [2.24, 2.45) is 0 Å². The van der Waals surface area contributed by atoms with E-state index in [0.29, 0.717) is 6.67 Å². The quantitative estimate of drug-likeness (QED) is 0.593. The highest BCUT2D eigenvalue weighted by Gasteiger charge is 2.30. The molecule has 1 unspecified atom stereocenters. The van der Waals surface area contributed by atoms with Gasteiger partial charge in [0.15, 0.2) is 15.9 Å². The monoisotopic (exact) mass is 397 g/mol. The predicted octanol–water partition coefficient (Wildman–Crippen LogP) is 1.86. The highest BCUT2D eigenvalue weighted by molar-refractivity contribution is 8.00. The maximum atomic E-state index is 11.8. The van der Waals surface area contributed by atoms with Crippen LogP contribution in [0.2, 0.25) is 0 Å². The summed E-state index contributed by atoms with van der Waals surface area (Å²) in [5, 5.41) is 8.63. The van der Waals surface area contributed by atoms with Crippen LogP contribution in [0.3, 0.4) is 0 Å². The van der Waals surface area contributed by atoms with Gasteiger partial charge in [0, 0.05) is 11.4 Å². The first kappa shape index (κ1) is 18.4. The molecular formula is C16H21N4O2S3+. The number of para-hydroxylation sites is 1. The summed E-state index contributed by atoms with van der Waals surface area (Å²) >= 11 is 8.59. The predicted molar refractivity (Wildman–Crippen MR) is 104 cm³/mol. The molecule has 0 radical (unpaired) electrons. The molecule has 134 valence electrons. The second-order valence-corrected chi connectivity index (χ2v) is 8.79. The van der Waals surface area contributed by atoms with E-state index in [-0.39, 0.29) is 11.2 Å². The summed E-state index contributed by atoms with van der Waals surface area (Å²) in [6, 6.07) is 8.09. The number of aromatic nitrogens is 2. The third kappa shape index (κ3) is 4.60. The molecule has 0 saturated carbocycles. The number of esters is 1. The van der Waals surface area contributed by atoms with Gasteiger partial charge in [0.25, 0.3) is 0 Å². The number of thioether (sulfide) groups is 1. The summed E-state index contributed by atoms with van der Waals surface area (Å²) in [6.45, 7) is 4.44. The number of hydrogen-bond acceptors (Lipinski definition) is 7. The molecule has 1 aromatic carbocycles. The van der Waals surface area contributed by atoms with E-state index in [1.165, 1.54) is 23.3 Å². The van der Waals surface area contributed by atoms with Gasteiger partial charge in [-0.25, -0.2) is 0 Å². The molecule has 2 heterocycles. The third-order valence-corrected chi connectivity index (χ3v) is 6.50. The average Bonchev–Trinajstić information content (AvgIpc) is 2.95. The van der Waals surface area contributed by atoms with Crippen molar-refractivity contribution < 1.29 is 14.4 Å². The third-order valence-electron chi connectivity index (χ3n) is 4.08. The number of rotatable bonds is 5. The second kappa shape index (κ2) is 8.31. The Morgan fingerprint density at radius 2 is 2.32 bits per heavy atom. The lowest BCUT2D eigenvalue weighted by molar-refractivity contribution is -0.921. The smallest absolute Gasteiger partial charge is 0.324 e. The summed E-state index contributed by atoms with van der Waals surface area (Å²) < 4.78 is 7.45. The van der Waals surface area contributed by atoms with Crippen LogP contribution < -0.4 is 10.2 Å². The van der Waals surface area contributed by atoms with Gasteiger partial charge < -0.3 is 15.0 Å². The van der Waals surface area contributed by atoms with Gasteiger partial charge in [-0.15, -0.1) is 16.9 Å². The van der Waals surface area contributed by atoms with Gasteiger partial charge in [0.2, 0.25) is 5.13 Å². The van der Waals surface area contributed by atoms with E-state index in [0.717, 1.165) is 39.2 Å². The molecule has 6 nitrogen and oxygen atoms in total. The van der Waals surface area contributed by atoms with Crippen molar-refractivity contribution in [2.75, 3.05) is 31.3 Å². The van der Waals surface area contributed by atoms with Gasteiger partial charge in [0.1, 0.15) is 6.54 Å². The molecule has 0 amide bonds. The van der Waals surface area contributed by atoms with E-state index < -0.39 is 0 Å². The van der Waals surface area contributed by atoms with Crippen LogP contribution in [0.1, 0.15) is 5.56 Å². The fourth-order valence-electron chi connectivity index (χ4n) is 2.69. The van der Waals surface area contributed by atoms with E-state index in [9.17, 15) is 4.79 Å². The summed E-state index contributed by atoms with van der Waals surface area (Å²) in [7, 11) is 1.44. The van der Waals surface area contributed by atoms with Gasteiger partial charge in [-0.05, 0) is 30.8 Å². The maximum absolute atomic E-state index is 11.8. The molecule has 0 aliphatic carbocycles. The summed E-state index contributed by atoms with van der Waals surface area (Å²) in [5.41, 5.74) is 2.20. The van der Waals surface area contributed by atoms with E-state index in [1.54, 1.807) is 11.8 Å². The van der Waals surface area contributed by atoms with Crippen LogP contribution in [0.25, 0.3) is 0 Å². The molecule has 0 spiro atoms. The highest BCUT2D eigenvalue weighted by Crippen LogP contribution is 2.22. The average molecular weight is 398 g/mol. The Morgan fingerprint density at radius 1 is 1.52 bits per heavy atom. The first-order valence-electron chi connectivity index (χ1n) is 8.00. The number of methoxy groups -OCH3 is 1. The molecule has 2 N–H and O–H groups in total. The molecule has 0 bridgehead atoms. The van der Waals surface area contributed by atoms with Crippen LogP contribution in [0.5, 0.6) is 0 Å². The fourth-order valence-corrected chi connectivity index (χ4v) is 4.99. The number of quaternary nitrogens is 1. The minimum Gasteiger partial charge on any atom is -0.468 e. The lowest BCUT2D eigenvalue weighted by Crippen LogP contribution is -3.14. The second-order valence-electron chi connectivity index (χ2n) is 5.86. The standard InChI is InChI=1S/C16H20N4O2S3/c1-11-5-3-4-6-12(11)17-15-18-20(16(23)25-15)10-19-7-8-24-13(9-19)14(21)22-2/h3-6,13H,7-10H2,1-2H3,(H,17,18)/p+1/t13-/m1/s1. The number of ether oxygens (including phenoxy) is 1. The van der Waals surface area contributed by atoms with E-state index >= 15 is 0 Å². The van der Waals surface area contributed by atoms with Gasteiger partial charge >= 0.3 is 5.97 Å². The minimum absolute atomic E-state index is 0.105. The molecule has 9 heteroatoms. The number of anilines is 2. The van der Waals surface area contributed by atoms with E-state index in [1.807, 2.05) is 22.9 Å². The molecule has 1 aliphatic rings. The van der Waals surface area contributed by atoms with Crippen LogP contribution >= 0.6 is 35.3 Å². The van der Waals surface area contributed by atoms with Crippen LogP contribution in [0.4, 0.5) is 10.8 Å². The summed E-state index contributed by atoms with van der Waals surface area (Å²) in [6.07, 6.45) is 0. The lowest BCUT2D eigenvalue weighted by Gasteiger charge is -2.27. The summed E-state index contributed by atoms with van der Waals surface area (Å²) in [5.74, 6) is 0.784. The number of carbonyl (C=O) groups is 1. The van der Waals surface area contributed by atoms with Crippen LogP contribution in [-0.2, 0) is 16.2 Å². The van der Waals surface area contributed by atoms with Crippen molar-refractivity contribution in [1.29, 1.82) is 0 Å². The van der Waals surface area contributed by atoms with Gasteiger partial charge in [-0.1, -0.05) is 29.5 Å². The number of hydrogen-bond donors (Lipinski definition) is 2. The molecule has 25 heavy (non-hydrogen) atoms. The Balaban J connectivity index is 1.67. The molecule has 1 fully saturated rings. The van der Waals surface area contributed by atoms with Crippen molar-refractivity contribution in [2.45, 2.75) is 18.8 Å². The molecule has 2 atom stereocenters. The minimum atomic E-state index is -0.147. The number of nitrogens with zero attached hydrogens (tertiary/aromatic N) is 2. The molecule has 1 saturated heterocycles. The van der Waals surface area contributed by atoms with Gasteiger partial charge in [-0.3, -0.25) is 4.79 Å². The lowest BCUT2D eigenvalue weighted by atomic mass is 10.2. The normalized spacial score (nSPS) is 20.2. The largest absolute Gasteiger partial charge is 0.468 e. The van der Waals surface area contributed by atoms with Gasteiger partial charge in [-0.2, -0.15) is 4.68 Å². The molecule has 2 aromatic rings. The fraction of sp³-hybridized carbons (Fsp3) is 0.438. The maximum Gasteiger partial charge on any atom is 0.324 e. The summed E-state index contributed by atoms with van der Waals surface area (Å²) in [4.78, 5) is 13.1. The Hall–Kier alpha value is -1.42. The van der Waals surface area contributed by atoms with Crippen molar-refractivity contribution in [3.05, 3.63) is 33.8 Å². The zero-order valence-electron chi connectivity index (χ0n) is 14.2. The first-order valence-corrected chi connectivity index (χ1v) is 10.3. The Bertz CT molecular complexity index is 805. The highest BCUT2D eigenvalue weighted by atomic mass is 32.2. The molecule has 3 rings (SSSR count). The topological polar surface area (TPSA) is 60.6 Å². The Labute approximate surface area is 160 Å². The van der Waals surface area contributed by atoms with E-state index in [2.05, 4.69) is 23.4 Å². The van der Waals surface area contributed by atoms with Crippen molar-refractivity contribution in [1.82, 2.24) is 9.78 Å². The Kier molecular flexibility index (Phi) is 6.10. The van der Waals surface area contributed by atoms with Crippen LogP contribution in [-0.4, -0.2) is 47.0 Å². The zero-order valence-corrected chi connectivity index (χ0v) is 16.6. The molecular weight excluding hydrogens is 376 g/mol. The molecule has 1 aromatic heterocycles. The SMILES string of the molecule is COC(=O)[C@H]1C[NH+](Cn2nc(Nc3ccccc3C)sc2=S)CCS1. The Morgan fingerprint density at radius 3 is 3.08 bits per heavy atom. The number of nitrogens with one attached hydrogen (secondary N) is 2. The molecule has 1 aliphatic heterocycles. The zero-order chi connectivity index (χ0) is 17.8. The first-order chi connectivity index (χ1) is 12.1.